The fourth-order valence-electron chi connectivity index (χ4n) is 2.86. The average Bonchev–Trinajstić information content (AvgIpc) is 2.71. The van der Waals surface area contributed by atoms with Crippen molar-refractivity contribution in [1.82, 2.24) is 4.90 Å². The maximum absolute atomic E-state index is 12.2. The molecule has 0 spiro atoms. The Bertz CT molecular complexity index is 578. The van der Waals surface area contributed by atoms with Crippen LogP contribution in [-0.2, 0) is 4.74 Å². The van der Waals surface area contributed by atoms with Gasteiger partial charge in [-0.1, -0.05) is 12.1 Å². The van der Waals surface area contributed by atoms with E-state index in [9.17, 15) is 9.59 Å². The summed E-state index contributed by atoms with van der Waals surface area (Å²) < 4.78 is 5.45. The summed E-state index contributed by atoms with van der Waals surface area (Å²) in [4.78, 5) is 27.5. The van der Waals surface area contributed by atoms with E-state index in [1.807, 2.05) is 45.9 Å². The summed E-state index contributed by atoms with van der Waals surface area (Å²) in [6.07, 6.45) is 1.49. The van der Waals surface area contributed by atoms with Crippen molar-refractivity contribution in [2.24, 2.45) is 0 Å². The van der Waals surface area contributed by atoms with Gasteiger partial charge in [0, 0.05) is 31.7 Å². The van der Waals surface area contributed by atoms with Crippen LogP contribution < -0.4 is 4.90 Å². The second-order valence-electron chi connectivity index (χ2n) is 6.94. The smallest absolute Gasteiger partial charge is 0.410 e. The predicted molar refractivity (Wildman–Crippen MR) is 91.2 cm³/mol. The fraction of sp³-hybridized carbons (Fsp3) is 0.556. The van der Waals surface area contributed by atoms with Crippen LogP contribution in [0, 0.1) is 6.92 Å². The van der Waals surface area contributed by atoms with Crippen LogP contribution in [0.25, 0.3) is 0 Å². The molecular weight excluding hydrogens is 292 g/mol. The first-order valence-electron chi connectivity index (χ1n) is 8.09. The topological polar surface area (TPSA) is 49.9 Å². The third-order valence-corrected chi connectivity index (χ3v) is 3.86. The van der Waals surface area contributed by atoms with Crippen LogP contribution in [0.2, 0.25) is 0 Å². The molecule has 5 nitrogen and oxygen atoms in total. The molecule has 0 bridgehead atoms. The normalized spacial score (nSPS) is 16.0. The molecule has 0 saturated carbocycles. The van der Waals surface area contributed by atoms with Crippen molar-refractivity contribution in [3.05, 3.63) is 29.3 Å². The van der Waals surface area contributed by atoms with Gasteiger partial charge >= 0.3 is 6.09 Å². The maximum atomic E-state index is 12.2. The van der Waals surface area contributed by atoms with E-state index in [1.54, 1.807) is 4.90 Å². The number of hydrogen-bond donors (Lipinski definition) is 0. The molecule has 1 aromatic rings. The zero-order valence-corrected chi connectivity index (χ0v) is 14.5. The molecule has 0 atom stereocenters. The minimum Gasteiger partial charge on any atom is -0.444 e. The number of benzene rings is 1. The van der Waals surface area contributed by atoms with E-state index in [1.165, 1.54) is 0 Å². The Labute approximate surface area is 138 Å². The van der Waals surface area contributed by atoms with Crippen molar-refractivity contribution in [2.45, 2.75) is 39.7 Å². The first kappa shape index (κ1) is 17.3. The molecule has 0 aromatic heterocycles. The van der Waals surface area contributed by atoms with E-state index < -0.39 is 5.60 Å². The molecule has 5 heteroatoms. The van der Waals surface area contributed by atoms with Crippen LogP contribution >= 0.6 is 0 Å². The molecule has 1 aliphatic heterocycles. The number of para-hydroxylation sites is 1. The number of aldehydes is 1. The number of ether oxygens (including phenoxy) is 1. The van der Waals surface area contributed by atoms with Crippen molar-refractivity contribution >= 4 is 18.1 Å². The molecule has 2 rings (SSSR count). The fourth-order valence-corrected chi connectivity index (χ4v) is 2.86. The molecule has 1 fully saturated rings. The van der Waals surface area contributed by atoms with Gasteiger partial charge in [0.05, 0.1) is 5.69 Å². The van der Waals surface area contributed by atoms with Crippen LogP contribution in [-0.4, -0.2) is 49.1 Å². The first-order chi connectivity index (χ1) is 10.8. The van der Waals surface area contributed by atoms with E-state index in [0.717, 1.165) is 30.5 Å². The molecule has 1 amide bonds. The molecule has 1 aliphatic rings. The van der Waals surface area contributed by atoms with Gasteiger partial charge in [0.25, 0.3) is 0 Å². The minimum atomic E-state index is -0.482. The lowest BCUT2D eigenvalue weighted by molar-refractivity contribution is 0.0263. The number of amides is 1. The summed E-state index contributed by atoms with van der Waals surface area (Å²) in [5.74, 6) is 0. The summed E-state index contributed by atoms with van der Waals surface area (Å²) in [6, 6.07) is 5.75. The highest BCUT2D eigenvalue weighted by Crippen LogP contribution is 2.25. The predicted octanol–water partition coefficient (Wildman–Crippen LogP) is 3.25. The van der Waals surface area contributed by atoms with Crippen molar-refractivity contribution in [1.29, 1.82) is 0 Å². The first-order valence-corrected chi connectivity index (χ1v) is 8.09. The van der Waals surface area contributed by atoms with Crippen LogP contribution in [0.4, 0.5) is 10.5 Å². The van der Waals surface area contributed by atoms with Gasteiger partial charge in [-0.25, -0.2) is 4.79 Å². The van der Waals surface area contributed by atoms with Crippen LogP contribution in [0.15, 0.2) is 18.2 Å². The van der Waals surface area contributed by atoms with Crippen molar-refractivity contribution < 1.29 is 14.3 Å². The van der Waals surface area contributed by atoms with Gasteiger partial charge in [-0.05, 0) is 45.7 Å². The molecule has 126 valence electrons. The van der Waals surface area contributed by atoms with Crippen molar-refractivity contribution in [3.63, 3.8) is 0 Å². The van der Waals surface area contributed by atoms with Crippen molar-refractivity contribution in [3.8, 4) is 0 Å². The number of hydrogen-bond acceptors (Lipinski definition) is 4. The lowest BCUT2D eigenvalue weighted by Crippen LogP contribution is -2.39. The lowest BCUT2D eigenvalue weighted by Gasteiger charge is -2.28. The molecule has 0 radical (unpaired) electrons. The van der Waals surface area contributed by atoms with Crippen LogP contribution in [0.1, 0.15) is 43.1 Å². The summed E-state index contributed by atoms with van der Waals surface area (Å²) in [5, 5.41) is 0. The van der Waals surface area contributed by atoms with Gasteiger partial charge in [0.2, 0.25) is 0 Å². The van der Waals surface area contributed by atoms with Crippen LogP contribution in [0.5, 0.6) is 0 Å². The van der Waals surface area contributed by atoms with Gasteiger partial charge in [0.1, 0.15) is 5.60 Å². The zero-order chi connectivity index (χ0) is 17.0. The maximum Gasteiger partial charge on any atom is 0.410 e. The Morgan fingerprint density at radius 1 is 1.17 bits per heavy atom. The zero-order valence-electron chi connectivity index (χ0n) is 14.5. The lowest BCUT2D eigenvalue weighted by atomic mass is 10.1. The number of aryl methyl sites for hydroxylation is 1. The number of rotatable bonds is 2. The Morgan fingerprint density at radius 3 is 2.57 bits per heavy atom. The molecule has 0 N–H and O–H groups in total. The quantitative estimate of drug-likeness (QED) is 0.785. The molecule has 1 saturated heterocycles. The third kappa shape index (κ3) is 4.47. The van der Waals surface area contributed by atoms with Gasteiger partial charge in [-0.3, -0.25) is 4.79 Å². The van der Waals surface area contributed by atoms with Gasteiger partial charge in [-0.2, -0.15) is 0 Å². The van der Waals surface area contributed by atoms with E-state index in [4.69, 9.17) is 4.74 Å². The Balaban J connectivity index is 2.10. The monoisotopic (exact) mass is 318 g/mol. The average molecular weight is 318 g/mol. The molecule has 1 aromatic carbocycles. The van der Waals surface area contributed by atoms with E-state index >= 15 is 0 Å². The molecular formula is C18H26N2O3. The van der Waals surface area contributed by atoms with Gasteiger partial charge < -0.3 is 14.5 Å². The second-order valence-corrected chi connectivity index (χ2v) is 6.94. The summed E-state index contributed by atoms with van der Waals surface area (Å²) in [6.45, 7) is 10.4. The molecule has 0 unspecified atom stereocenters. The Hall–Kier alpha value is -2.04. The summed E-state index contributed by atoms with van der Waals surface area (Å²) >= 11 is 0. The van der Waals surface area contributed by atoms with E-state index in [0.29, 0.717) is 25.2 Å². The largest absolute Gasteiger partial charge is 0.444 e. The SMILES string of the molecule is Cc1cccc(C=O)c1N1CCCN(C(=O)OC(C)(C)C)CC1. The highest BCUT2D eigenvalue weighted by Gasteiger charge is 2.25. The Kier molecular flexibility index (Phi) is 5.29. The molecule has 1 heterocycles. The van der Waals surface area contributed by atoms with Gasteiger partial charge in [-0.15, -0.1) is 0 Å². The summed E-state index contributed by atoms with van der Waals surface area (Å²) in [5.41, 5.74) is 2.29. The van der Waals surface area contributed by atoms with Crippen LogP contribution in [0.3, 0.4) is 0 Å². The summed E-state index contributed by atoms with van der Waals surface area (Å²) in [7, 11) is 0. The highest BCUT2D eigenvalue weighted by atomic mass is 16.6. The second kappa shape index (κ2) is 7.02. The number of anilines is 1. The third-order valence-electron chi connectivity index (χ3n) is 3.86. The molecule has 23 heavy (non-hydrogen) atoms. The van der Waals surface area contributed by atoms with Crippen molar-refractivity contribution in [2.75, 3.05) is 31.1 Å². The number of carbonyl (C=O) groups is 2. The van der Waals surface area contributed by atoms with E-state index in [-0.39, 0.29) is 6.09 Å². The van der Waals surface area contributed by atoms with E-state index in [2.05, 4.69) is 4.90 Å². The minimum absolute atomic E-state index is 0.264. The highest BCUT2D eigenvalue weighted by molar-refractivity contribution is 5.86. The molecule has 0 aliphatic carbocycles. The standard InChI is InChI=1S/C18H26N2O3/c1-14-7-5-8-15(13-21)16(14)19-9-6-10-20(12-11-19)17(22)23-18(2,3)4/h5,7-8,13H,6,9-12H2,1-4H3. The number of nitrogens with zero attached hydrogens (tertiary/aromatic N) is 2. The number of carbonyl (C=O) groups excluding carboxylic acids is 2. The van der Waals surface area contributed by atoms with Gasteiger partial charge in [0.15, 0.2) is 6.29 Å². The Morgan fingerprint density at radius 2 is 1.91 bits per heavy atom.